The van der Waals surface area contributed by atoms with Crippen molar-refractivity contribution in [2.24, 2.45) is 0 Å². The molecule has 0 saturated carbocycles. The predicted molar refractivity (Wildman–Crippen MR) is 119 cm³/mol. The number of fused-ring (bicyclic) bond motifs is 2. The third kappa shape index (κ3) is 5.95. The van der Waals surface area contributed by atoms with E-state index in [2.05, 4.69) is 39.3 Å². The summed E-state index contributed by atoms with van der Waals surface area (Å²) in [5, 5.41) is 0. The van der Waals surface area contributed by atoms with Crippen LogP contribution in [0.15, 0.2) is 11.9 Å². The van der Waals surface area contributed by atoms with Gasteiger partial charge in [-0.15, -0.1) is 0 Å². The van der Waals surface area contributed by atoms with E-state index in [0.29, 0.717) is 19.6 Å². The molecular weight excluding hydrogens is 427 g/mol. The molecule has 2 aliphatic heterocycles. The summed E-state index contributed by atoms with van der Waals surface area (Å²) >= 11 is 0. The minimum Gasteiger partial charge on any atom is -0.373 e. The van der Waals surface area contributed by atoms with Crippen LogP contribution in [0.25, 0.3) is 0 Å². The molecule has 2 radical (unpaired) electrons. The van der Waals surface area contributed by atoms with Gasteiger partial charge in [0.1, 0.15) is 25.7 Å². The Balaban J connectivity index is 2.36. The highest BCUT2D eigenvalue weighted by atomic mass is 31.2. The first-order valence-corrected chi connectivity index (χ1v) is 13.2. The summed E-state index contributed by atoms with van der Waals surface area (Å²) in [4.78, 5) is 0. The van der Waals surface area contributed by atoms with Crippen molar-refractivity contribution in [3.63, 3.8) is 0 Å². The molecular formula is C19H36BNO7P2. The van der Waals surface area contributed by atoms with Gasteiger partial charge in [0.05, 0.1) is 13.2 Å². The maximum Gasteiger partial charge on any atom is 0.353 e. The first-order chi connectivity index (χ1) is 14.1. The molecule has 0 aromatic heterocycles. The van der Waals surface area contributed by atoms with Gasteiger partial charge >= 0.3 is 7.60 Å². The largest absolute Gasteiger partial charge is 0.373 e. The molecule has 0 aromatic rings. The second kappa shape index (κ2) is 11.4. The van der Waals surface area contributed by atoms with Gasteiger partial charge in [-0.25, -0.2) is 4.67 Å². The Kier molecular flexibility index (Phi) is 10.0. The Morgan fingerprint density at radius 3 is 2.43 bits per heavy atom. The maximum absolute atomic E-state index is 12.6. The van der Waals surface area contributed by atoms with Gasteiger partial charge in [0.15, 0.2) is 0 Å². The van der Waals surface area contributed by atoms with Crippen molar-refractivity contribution in [1.82, 2.24) is 4.67 Å². The van der Waals surface area contributed by atoms with E-state index in [0.717, 1.165) is 6.42 Å². The van der Waals surface area contributed by atoms with E-state index in [-0.39, 0.29) is 12.1 Å². The predicted octanol–water partition coefficient (Wildman–Crippen LogP) is 4.20. The molecule has 172 valence electrons. The van der Waals surface area contributed by atoms with Gasteiger partial charge < -0.3 is 27.6 Å². The van der Waals surface area contributed by atoms with E-state index in [1.165, 1.54) is 20.0 Å². The van der Waals surface area contributed by atoms with Gasteiger partial charge in [0.2, 0.25) is 0 Å². The van der Waals surface area contributed by atoms with E-state index in [4.69, 9.17) is 35.4 Å². The molecule has 0 amide bonds. The van der Waals surface area contributed by atoms with E-state index in [1.54, 1.807) is 6.08 Å². The number of hydrogen-bond acceptors (Lipinski definition) is 8. The molecule has 8 nitrogen and oxygen atoms in total. The van der Waals surface area contributed by atoms with Crippen molar-refractivity contribution in [3.8, 4) is 0 Å². The lowest BCUT2D eigenvalue weighted by Gasteiger charge is -2.42. The summed E-state index contributed by atoms with van der Waals surface area (Å²) in [6, 6.07) is -0.224. The summed E-state index contributed by atoms with van der Waals surface area (Å²) in [5.74, 6) is 1.42. The second-order valence-corrected chi connectivity index (χ2v) is 11.5. The fourth-order valence-electron chi connectivity index (χ4n) is 3.75. The zero-order chi connectivity index (χ0) is 22.5. The van der Waals surface area contributed by atoms with Crippen LogP contribution in [0.4, 0.5) is 0 Å². The van der Waals surface area contributed by atoms with Crippen LogP contribution in [0.3, 0.4) is 0 Å². The minimum atomic E-state index is -3.37. The van der Waals surface area contributed by atoms with Crippen LogP contribution >= 0.6 is 16.1 Å². The van der Waals surface area contributed by atoms with E-state index in [1.807, 2.05) is 0 Å². The average Bonchev–Trinajstić information content (AvgIpc) is 2.84. The number of rotatable bonds is 12. The van der Waals surface area contributed by atoms with Crippen molar-refractivity contribution < 1.29 is 32.1 Å². The molecule has 0 aliphatic carbocycles. The summed E-state index contributed by atoms with van der Waals surface area (Å²) in [6.45, 7) is 11.6. The lowest BCUT2D eigenvalue weighted by Crippen LogP contribution is -2.50. The van der Waals surface area contributed by atoms with Crippen LogP contribution in [-0.4, -0.2) is 75.8 Å². The molecule has 0 aromatic carbocycles. The van der Waals surface area contributed by atoms with Gasteiger partial charge in [-0.1, -0.05) is 6.92 Å². The van der Waals surface area contributed by atoms with Crippen LogP contribution in [0.5, 0.6) is 0 Å². The fraction of sp³-hybridized carbons (Fsp3) is 0.895. The number of hydrogen-bond donors (Lipinski definition) is 0. The molecule has 1 unspecified atom stereocenters. The van der Waals surface area contributed by atoms with Crippen LogP contribution < -0.4 is 0 Å². The molecule has 0 spiro atoms. The Morgan fingerprint density at radius 1 is 1.27 bits per heavy atom. The number of nitrogens with zero attached hydrogens (tertiary/aromatic N) is 1. The molecule has 2 saturated heterocycles. The molecule has 2 rings (SSSR count). The highest BCUT2D eigenvalue weighted by Gasteiger charge is 2.57. The topological polar surface area (TPSA) is 75.7 Å². The Hall–Kier alpha value is 0.185. The zero-order valence-electron chi connectivity index (χ0n) is 19.1. The molecule has 2 fully saturated rings. The maximum atomic E-state index is 12.6. The SMILES string of the molecule is [B][C@@H]1O[C@@]2(/C=C/P(=O)(OC)OC)CCO[C@@H]1[C@@H]2OP(OCCC)N(C(C)C)C(C)C. The van der Waals surface area contributed by atoms with E-state index in [9.17, 15) is 4.57 Å². The van der Waals surface area contributed by atoms with Crippen molar-refractivity contribution in [2.45, 2.75) is 83.4 Å². The molecule has 11 heteroatoms. The van der Waals surface area contributed by atoms with Crippen molar-refractivity contribution in [1.29, 1.82) is 0 Å². The zero-order valence-corrected chi connectivity index (χ0v) is 20.9. The van der Waals surface area contributed by atoms with Gasteiger partial charge in [0.25, 0.3) is 8.53 Å². The van der Waals surface area contributed by atoms with Crippen molar-refractivity contribution in [2.75, 3.05) is 27.4 Å². The molecule has 2 bridgehead atoms. The highest BCUT2D eigenvalue weighted by molar-refractivity contribution is 7.57. The highest BCUT2D eigenvalue weighted by Crippen LogP contribution is 2.55. The van der Waals surface area contributed by atoms with Gasteiger partial charge in [-0.2, -0.15) is 0 Å². The Labute approximate surface area is 183 Å². The first-order valence-electron chi connectivity index (χ1n) is 10.5. The summed E-state index contributed by atoms with van der Waals surface area (Å²) in [6.07, 6.45) is 2.12. The van der Waals surface area contributed by atoms with Crippen LogP contribution in [-0.2, 0) is 32.1 Å². The summed E-state index contributed by atoms with van der Waals surface area (Å²) in [7, 11) is 4.16. The average molecular weight is 463 g/mol. The van der Waals surface area contributed by atoms with Gasteiger partial charge in [-0.05, 0) is 40.2 Å². The van der Waals surface area contributed by atoms with Crippen LogP contribution in [0.1, 0.15) is 47.5 Å². The normalized spacial score (nSPS) is 30.8. The van der Waals surface area contributed by atoms with E-state index < -0.39 is 39.9 Å². The monoisotopic (exact) mass is 463 g/mol. The standard InChI is InChI=1S/C19H36BNO7P2/c1-8-11-26-29(21(14(2)3)15(4)5)28-17-16-18(20)27-19(17,9-12-25-16)10-13-30(22,23-6)24-7/h10,13-18H,8-9,11-12H2,1-7H3/b13-10+/t16-,17+,18-,19-,29?/m1/s1. The van der Waals surface area contributed by atoms with Gasteiger partial charge in [-0.3, -0.25) is 4.57 Å². The first kappa shape index (κ1) is 26.4. The molecule has 5 atom stereocenters. The quantitative estimate of drug-likeness (QED) is 0.315. The van der Waals surface area contributed by atoms with Crippen LogP contribution in [0, 0.1) is 0 Å². The third-order valence-corrected chi connectivity index (χ3v) is 8.81. The molecule has 2 heterocycles. The molecule has 2 aliphatic rings. The van der Waals surface area contributed by atoms with Crippen molar-refractivity contribution >= 4 is 24.0 Å². The second-order valence-electron chi connectivity index (χ2n) is 8.01. The van der Waals surface area contributed by atoms with Gasteiger partial charge in [0, 0.05) is 44.5 Å². The smallest absolute Gasteiger partial charge is 0.353 e. The Morgan fingerprint density at radius 2 is 1.90 bits per heavy atom. The van der Waals surface area contributed by atoms with E-state index >= 15 is 0 Å². The minimum absolute atomic E-state index is 0.221. The summed E-state index contributed by atoms with van der Waals surface area (Å²) < 4.78 is 49.7. The molecule has 0 N–H and O–H groups in total. The number of ether oxygens (including phenoxy) is 2. The van der Waals surface area contributed by atoms with Crippen LogP contribution in [0.2, 0.25) is 0 Å². The Bertz CT molecular complexity index is 608. The fourth-order valence-corrected chi connectivity index (χ4v) is 6.46. The van der Waals surface area contributed by atoms with Crippen molar-refractivity contribution in [3.05, 3.63) is 11.9 Å². The summed E-state index contributed by atoms with van der Waals surface area (Å²) in [5.41, 5.74) is -0.898. The third-order valence-electron chi connectivity index (χ3n) is 5.17. The lowest BCUT2D eigenvalue weighted by molar-refractivity contribution is -0.0857. The molecule has 30 heavy (non-hydrogen) atoms. The lowest BCUT2D eigenvalue weighted by atomic mass is 9.85.